The van der Waals surface area contributed by atoms with E-state index in [9.17, 15) is 19.2 Å². The lowest BCUT2D eigenvalue weighted by molar-refractivity contribution is -0.123. The van der Waals surface area contributed by atoms with Crippen LogP contribution in [0.2, 0.25) is 0 Å². The highest BCUT2D eigenvalue weighted by Crippen LogP contribution is 2.53. The Bertz CT molecular complexity index is 1450. The third-order valence-corrected chi connectivity index (χ3v) is 7.34. The summed E-state index contributed by atoms with van der Waals surface area (Å²) in [4.78, 5) is 57.3. The summed E-state index contributed by atoms with van der Waals surface area (Å²) in [6.07, 6.45) is 3.74. The monoisotopic (exact) mass is 478 g/mol. The Morgan fingerprint density at radius 2 is 1.47 bits per heavy atom. The third kappa shape index (κ3) is 3.05. The Labute approximate surface area is 207 Å². The quantitative estimate of drug-likeness (QED) is 0.322. The number of hydrogen-bond donors (Lipinski definition) is 0. The molecule has 6 rings (SSSR count). The summed E-state index contributed by atoms with van der Waals surface area (Å²) in [6.45, 7) is 0. The maximum Gasteiger partial charge on any atom is 0.339 e. The van der Waals surface area contributed by atoms with Gasteiger partial charge in [-0.05, 0) is 29.3 Å². The number of Topliss-reactive ketones (excluding diaryl/α,β-unsaturated/α-hetero) is 1. The third-order valence-electron chi connectivity index (χ3n) is 7.34. The summed E-state index contributed by atoms with van der Waals surface area (Å²) >= 11 is 0. The highest BCUT2D eigenvalue weighted by molar-refractivity contribution is 6.26. The molecule has 36 heavy (non-hydrogen) atoms. The van der Waals surface area contributed by atoms with Crippen molar-refractivity contribution in [2.24, 2.45) is 11.8 Å². The molecule has 0 saturated carbocycles. The van der Waals surface area contributed by atoms with Crippen LogP contribution in [0.25, 0.3) is 6.08 Å². The molecule has 0 unspecified atom stereocenters. The number of carbonyl (C=O) groups is 4. The zero-order valence-corrected chi connectivity index (χ0v) is 19.4. The lowest BCUT2D eigenvalue weighted by Crippen LogP contribution is -2.44. The van der Waals surface area contributed by atoms with E-state index in [2.05, 4.69) is 0 Å². The van der Waals surface area contributed by atoms with Crippen molar-refractivity contribution in [1.29, 1.82) is 0 Å². The predicted octanol–water partition coefficient (Wildman–Crippen LogP) is 3.87. The van der Waals surface area contributed by atoms with E-state index in [1.165, 1.54) is 13.2 Å². The highest BCUT2D eigenvalue weighted by atomic mass is 16.5. The summed E-state index contributed by atoms with van der Waals surface area (Å²) in [5, 5.41) is 0. The molecular weight excluding hydrogens is 456 g/mol. The minimum atomic E-state index is -0.906. The van der Waals surface area contributed by atoms with Crippen LogP contribution in [-0.2, 0) is 14.3 Å². The van der Waals surface area contributed by atoms with Gasteiger partial charge in [0.05, 0.1) is 36.2 Å². The Balaban J connectivity index is 1.51. The number of esters is 1. The molecular formula is C29H22N2O5. The van der Waals surface area contributed by atoms with Crippen molar-refractivity contribution in [3.05, 3.63) is 107 Å². The molecule has 3 aliphatic heterocycles. The van der Waals surface area contributed by atoms with Gasteiger partial charge < -0.3 is 9.64 Å². The number of nitrogens with zero attached hydrogens (tertiary/aromatic N) is 2. The molecule has 7 heteroatoms. The van der Waals surface area contributed by atoms with Gasteiger partial charge in [-0.3, -0.25) is 14.4 Å². The van der Waals surface area contributed by atoms with Gasteiger partial charge in [-0.15, -0.1) is 0 Å². The van der Waals surface area contributed by atoms with E-state index in [1.54, 1.807) is 42.5 Å². The lowest BCUT2D eigenvalue weighted by Gasteiger charge is -2.35. The van der Waals surface area contributed by atoms with Gasteiger partial charge in [-0.1, -0.05) is 66.7 Å². The van der Waals surface area contributed by atoms with Gasteiger partial charge in [0.1, 0.15) is 6.04 Å². The first-order chi connectivity index (χ1) is 17.5. The maximum atomic E-state index is 14.0. The molecule has 2 fully saturated rings. The van der Waals surface area contributed by atoms with E-state index >= 15 is 0 Å². The SMILES string of the molecule is COC(=O)c1ccccc1N1C(=O)[C@@H]2[C@H](C1=O)[C@H]1c3ccccc3C=CN1[C@@H]2C(=O)c1ccccc1. The van der Waals surface area contributed by atoms with Gasteiger partial charge in [0.2, 0.25) is 11.8 Å². The molecule has 2 amide bonds. The first-order valence-corrected chi connectivity index (χ1v) is 11.7. The molecule has 0 radical (unpaired) electrons. The van der Waals surface area contributed by atoms with Gasteiger partial charge in [0.25, 0.3) is 0 Å². The zero-order valence-electron chi connectivity index (χ0n) is 19.4. The van der Waals surface area contributed by atoms with E-state index in [-0.39, 0.29) is 17.0 Å². The fourth-order valence-electron chi connectivity index (χ4n) is 5.82. The number of para-hydroxylation sites is 1. The summed E-state index contributed by atoms with van der Waals surface area (Å²) in [5.41, 5.74) is 2.60. The predicted molar refractivity (Wildman–Crippen MR) is 132 cm³/mol. The number of rotatable bonds is 4. The zero-order chi connectivity index (χ0) is 25.0. The number of imide groups is 1. The number of amides is 2. The first kappa shape index (κ1) is 22.0. The molecule has 3 aliphatic rings. The molecule has 0 spiro atoms. The molecule has 3 aromatic rings. The van der Waals surface area contributed by atoms with Crippen LogP contribution in [0.4, 0.5) is 5.69 Å². The van der Waals surface area contributed by atoms with Crippen molar-refractivity contribution in [3.8, 4) is 0 Å². The minimum Gasteiger partial charge on any atom is -0.465 e. The van der Waals surface area contributed by atoms with Gasteiger partial charge in [0.15, 0.2) is 5.78 Å². The number of carbonyl (C=O) groups excluding carboxylic acids is 4. The van der Waals surface area contributed by atoms with Crippen LogP contribution in [0.1, 0.15) is 37.9 Å². The summed E-state index contributed by atoms with van der Waals surface area (Å²) in [6, 6.07) is 21.6. The molecule has 178 valence electrons. The molecule has 0 aliphatic carbocycles. The average Bonchev–Trinajstić information content (AvgIpc) is 3.40. The number of anilines is 1. The van der Waals surface area contributed by atoms with Gasteiger partial charge in [-0.2, -0.15) is 0 Å². The first-order valence-electron chi connectivity index (χ1n) is 11.7. The van der Waals surface area contributed by atoms with E-state index < -0.39 is 41.7 Å². The molecule has 0 aromatic heterocycles. The van der Waals surface area contributed by atoms with Crippen molar-refractivity contribution in [1.82, 2.24) is 4.90 Å². The van der Waals surface area contributed by atoms with Crippen LogP contribution in [0.5, 0.6) is 0 Å². The second kappa shape index (κ2) is 8.30. The van der Waals surface area contributed by atoms with Crippen LogP contribution in [0, 0.1) is 11.8 Å². The lowest BCUT2D eigenvalue weighted by atomic mass is 9.83. The van der Waals surface area contributed by atoms with Crippen molar-refractivity contribution in [2.75, 3.05) is 12.0 Å². The number of ether oxygens (including phenoxy) is 1. The fraction of sp³-hybridized carbons (Fsp3) is 0.172. The normalized spacial score (nSPS) is 23.8. The topological polar surface area (TPSA) is 84.0 Å². The second-order valence-corrected chi connectivity index (χ2v) is 9.08. The van der Waals surface area contributed by atoms with Gasteiger partial charge in [0, 0.05) is 11.8 Å². The average molecular weight is 479 g/mol. The molecule has 0 bridgehead atoms. The van der Waals surface area contributed by atoms with E-state index in [0.29, 0.717) is 5.56 Å². The number of hydrogen-bond acceptors (Lipinski definition) is 6. The molecule has 7 nitrogen and oxygen atoms in total. The van der Waals surface area contributed by atoms with Crippen molar-refractivity contribution in [3.63, 3.8) is 0 Å². The van der Waals surface area contributed by atoms with Crippen LogP contribution >= 0.6 is 0 Å². The molecule has 3 heterocycles. The Kier molecular flexibility index (Phi) is 5.07. The van der Waals surface area contributed by atoms with Gasteiger partial charge in [-0.25, -0.2) is 9.69 Å². The van der Waals surface area contributed by atoms with Crippen molar-refractivity contribution < 1.29 is 23.9 Å². The van der Waals surface area contributed by atoms with Crippen molar-refractivity contribution >= 4 is 35.3 Å². The molecule has 0 N–H and O–H groups in total. The number of ketones is 1. The van der Waals surface area contributed by atoms with Crippen LogP contribution in [0.15, 0.2) is 85.1 Å². The largest absolute Gasteiger partial charge is 0.465 e. The number of fused-ring (bicyclic) bond motifs is 5. The second-order valence-electron chi connectivity index (χ2n) is 9.08. The molecule has 2 saturated heterocycles. The highest BCUT2D eigenvalue weighted by Gasteiger charge is 2.64. The summed E-state index contributed by atoms with van der Waals surface area (Å²) in [5.74, 6) is -3.47. The van der Waals surface area contributed by atoms with Crippen LogP contribution < -0.4 is 4.90 Å². The standard InChI is InChI=1S/C29H22N2O5/c1-36-29(35)20-13-7-8-14-21(20)31-27(33)22-23(28(31)34)25(26(32)18-10-3-2-4-11-18)30-16-15-17-9-5-6-12-19(17)24(22)30/h2-16,22-25H,1H3/t22-,23+,24+,25-/m0/s1. The van der Waals surface area contributed by atoms with Crippen LogP contribution in [-0.4, -0.2) is 41.6 Å². The fourth-order valence-corrected chi connectivity index (χ4v) is 5.82. The van der Waals surface area contributed by atoms with Gasteiger partial charge >= 0.3 is 5.97 Å². The minimum absolute atomic E-state index is 0.119. The van der Waals surface area contributed by atoms with E-state index in [1.807, 2.05) is 47.5 Å². The Hall–Kier alpha value is -4.52. The summed E-state index contributed by atoms with van der Waals surface area (Å²) < 4.78 is 4.89. The van der Waals surface area contributed by atoms with E-state index in [0.717, 1.165) is 16.0 Å². The molecule has 4 atom stereocenters. The Morgan fingerprint density at radius 3 is 2.25 bits per heavy atom. The van der Waals surface area contributed by atoms with E-state index in [4.69, 9.17) is 4.74 Å². The Morgan fingerprint density at radius 1 is 0.806 bits per heavy atom. The number of methoxy groups -OCH3 is 1. The smallest absolute Gasteiger partial charge is 0.339 e. The maximum absolute atomic E-state index is 14.0. The van der Waals surface area contributed by atoms with Crippen LogP contribution in [0.3, 0.4) is 0 Å². The van der Waals surface area contributed by atoms with Crippen molar-refractivity contribution in [2.45, 2.75) is 12.1 Å². The number of benzene rings is 3. The molecule has 3 aromatic carbocycles. The summed E-state index contributed by atoms with van der Waals surface area (Å²) in [7, 11) is 1.25.